The maximum absolute atomic E-state index is 11.4. The summed E-state index contributed by atoms with van der Waals surface area (Å²) >= 11 is 5.82. The summed E-state index contributed by atoms with van der Waals surface area (Å²) in [6.07, 6.45) is 2.77. The van der Waals surface area contributed by atoms with E-state index >= 15 is 0 Å². The molecule has 2 rings (SSSR count). The molecule has 0 bridgehead atoms. The van der Waals surface area contributed by atoms with Crippen molar-refractivity contribution in [1.29, 1.82) is 0 Å². The van der Waals surface area contributed by atoms with Crippen LogP contribution < -0.4 is 5.32 Å². The van der Waals surface area contributed by atoms with Crippen LogP contribution in [0.25, 0.3) is 0 Å². The van der Waals surface area contributed by atoms with Gasteiger partial charge in [-0.05, 0) is 37.1 Å². The summed E-state index contributed by atoms with van der Waals surface area (Å²) in [5.41, 5.74) is 1.23. The standard InChI is InChI=1S/C14H19ClN2O/c15-13-6-4-12(5-7-13)11-16-8-2-10-17-9-1-3-14(17)18/h4-7,16H,1-3,8-11H2. The van der Waals surface area contributed by atoms with Crippen molar-refractivity contribution in [1.82, 2.24) is 10.2 Å². The first kappa shape index (κ1) is 13.4. The molecule has 1 aromatic carbocycles. The second kappa shape index (κ2) is 6.76. The van der Waals surface area contributed by atoms with Crippen molar-refractivity contribution in [3.8, 4) is 0 Å². The number of carbonyl (C=O) groups is 1. The van der Waals surface area contributed by atoms with Crippen LogP contribution in [0.1, 0.15) is 24.8 Å². The SMILES string of the molecule is O=C1CCCN1CCCNCc1ccc(Cl)cc1. The van der Waals surface area contributed by atoms with Gasteiger partial charge in [-0.25, -0.2) is 0 Å². The van der Waals surface area contributed by atoms with E-state index in [9.17, 15) is 4.79 Å². The highest BCUT2D eigenvalue weighted by molar-refractivity contribution is 6.30. The van der Waals surface area contributed by atoms with Crippen molar-refractivity contribution >= 4 is 17.5 Å². The molecule has 1 amide bonds. The van der Waals surface area contributed by atoms with Crippen LogP contribution in [0.5, 0.6) is 0 Å². The molecule has 1 aromatic rings. The Morgan fingerprint density at radius 3 is 2.72 bits per heavy atom. The Bertz CT molecular complexity index is 391. The van der Waals surface area contributed by atoms with Gasteiger partial charge in [-0.15, -0.1) is 0 Å². The molecule has 0 spiro atoms. The van der Waals surface area contributed by atoms with E-state index in [1.807, 2.05) is 29.2 Å². The average Bonchev–Trinajstić information content (AvgIpc) is 2.77. The van der Waals surface area contributed by atoms with Gasteiger partial charge in [-0.1, -0.05) is 23.7 Å². The second-order valence-electron chi connectivity index (χ2n) is 4.64. The predicted molar refractivity (Wildman–Crippen MR) is 73.6 cm³/mol. The number of halogens is 1. The molecular formula is C14H19ClN2O. The molecule has 1 N–H and O–H groups in total. The predicted octanol–water partition coefficient (Wildman–Crippen LogP) is 2.44. The monoisotopic (exact) mass is 266 g/mol. The fourth-order valence-electron chi connectivity index (χ4n) is 2.17. The number of likely N-dealkylation sites (tertiary alicyclic amines) is 1. The van der Waals surface area contributed by atoms with Crippen molar-refractivity contribution in [2.45, 2.75) is 25.8 Å². The normalized spacial score (nSPS) is 15.4. The zero-order valence-electron chi connectivity index (χ0n) is 10.5. The van der Waals surface area contributed by atoms with Crippen LogP contribution in [0, 0.1) is 0 Å². The van der Waals surface area contributed by atoms with Gasteiger partial charge in [0.05, 0.1) is 0 Å². The number of benzene rings is 1. The third-order valence-corrected chi connectivity index (χ3v) is 3.45. The van der Waals surface area contributed by atoms with Gasteiger partial charge < -0.3 is 10.2 Å². The van der Waals surface area contributed by atoms with Crippen LogP contribution in [0.3, 0.4) is 0 Å². The molecule has 1 aliphatic heterocycles. The van der Waals surface area contributed by atoms with Gasteiger partial charge >= 0.3 is 0 Å². The zero-order valence-corrected chi connectivity index (χ0v) is 11.2. The number of hydrogen-bond acceptors (Lipinski definition) is 2. The highest BCUT2D eigenvalue weighted by Gasteiger charge is 2.18. The van der Waals surface area contributed by atoms with Gasteiger partial charge in [0.1, 0.15) is 0 Å². The minimum Gasteiger partial charge on any atom is -0.343 e. The topological polar surface area (TPSA) is 32.3 Å². The van der Waals surface area contributed by atoms with E-state index in [1.165, 1.54) is 5.56 Å². The Labute approximate surface area is 113 Å². The molecule has 0 atom stereocenters. The zero-order chi connectivity index (χ0) is 12.8. The number of hydrogen-bond donors (Lipinski definition) is 1. The Morgan fingerprint density at radius 2 is 2.06 bits per heavy atom. The molecule has 0 aliphatic carbocycles. The lowest BCUT2D eigenvalue weighted by molar-refractivity contribution is -0.127. The first-order valence-electron chi connectivity index (χ1n) is 6.48. The molecular weight excluding hydrogens is 248 g/mol. The van der Waals surface area contributed by atoms with Crippen molar-refractivity contribution < 1.29 is 4.79 Å². The summed E-state index contributed by atoms with van der Waals surface area (Å²) in [5.74, 6) is 0.313. The average molecular weight is 267 g/mol. The summed E-state index contributed by atoms with van der Waals surface area (Å²) < 4.78 is 0. The van der Waals surface area contributed by atoms with E-state index in [0.717, 1.165) is 50.5 Å². The van der Waals surface area contributed by atoms with E-state index in [2.05, 4.69) is 5.32 Å². The smallest absolute Gasteiger partial charge is 0.222 e. The molecule has 18 heavy (non-hydrogen) atoms. The summed E-state index contributed by atoms with van der Waals surface area (Å²) in [7, 11) is 0. The summed E-state index contributed by atoms with van der Waals surface area (Å²) in [5, 5.41) is 4.15. The molecule has 0 unspecified atom stereocenters. The summed E-state index contributed by atoms with van der Waals surface area (Å²) in [4.78, 5) is 13.3. The molecule has 0 saturated carbocycles. The molecule has 1 heterocycles. The third-order valence-electron chi connectivity index (χ3n) is 3.20. The lowest BCUT2D eigenvalue weighted by Crippen LogP contribution is -2.28. The van der Waals surface area contributed by atoms with Crippen LogP contribution in [0.2, 0.25) is 5.02 Å². The van der Waals surface area contributed by atoms with Crippen LogP contribution in [0.4, 0.5) is 0 Å². The third kappa shape index (κ3) is 4.00. The number of carbonyl (C=O) groups excluding carboxylic acids is 1. The van der Waals surface area contributed by atoms with Gasteiger partial charge in [0, 0.05) is 31.1 Å². The number of rotatable bonds is 6. The maximum Gasteiger partial charge on any atom is 0.222 e. The van der Waals surface area contributed by atoms with Crippen molar-refractivity contribution in [2.75, 3.05) is 19.6 Å². The first-order valence-corrected chi connectivity index (χ1v) is 6.86. The van der Waals surface area contributed by atoms with Crippen molar-refractivity contribution in [2.24, 2.45) is 0 Å². The Hall–Kier alpha value is -1.06. The quantitative estimate of drug-likeness (QED) is 0.802. The minimum atomic E-state index is 0.313. The number of nitrogens with one attached hydrogen (secondary N) is 1. The van der Waals surface area contributed by atoms with E-state index < -0.39 is 0 Å². The van der Waals surface area contributed by atoms with Gasteiger partial charge in [-0.3, -0.25) is 4.79 Å². The van der Waals surface area contributed by atoms with Gasteiger partial charge in [0.2, 0.25) is 5.91 Å². The Kier molecular flexibility index (Phi) is 5.02. The summed E-state index contributed by atoms with van der Waals surface area (Å²) in [6.45, 7) is 3.61. The van der Waals surface area contributed by atoms with Crippen LogP contribution in [-0.2, 0) is 11.3 Å². The second-order valence-corrected chi connectivity index (χ2v) is 5.08. The van der Waals surface area contributed by atoms with Crippen LogP contribution >= 0.6 is 11.6 Å². The molecule has 0 radical (unpaired) electrons. The first-order chi connectivity index (χ1) is 8.75. The fraction of sp³-hybridized carbons (Fsp3) is 0.500. The Balaban J connectivity index is 1.58. The highest BCUT2D eigenvalue weighted by Crippen LogP contribution is 2.10. The molecule has 98 valence electrons. The molecule has 1 aliphatic rings. The van der Waals surface area contributed by atoms with Gasteiger partial charge in [-0.2, -0.15) is 0 Å². The minimum absolute atomic E-state index is 0.313. The lowest BCUT2D eigenvalue weighted by Gasteiger charge is -2.15. The molecule has 0 aromatic heterocycles. The van der Waals surface area contributed by atoms with Gasteiger partial charge in [0.15, 0.2) is 0 Å². The van der Waals surface area contributed by atoms with E-state index in [4.69, 9.17) is 11.6 Å². The largest absolute Gasteiger partial charge is 0.343 e. The number of nitrogens with zero attached hydrogens (tertiary/aromatic N) is 1. The highest BCUT2D eigenvalue weighted by atomic mass is 35.5. The van der Waals surface area contributed by atoms with Crippen molar-refractivity contribution in [3.05, 3.63) is 34.9 Å². The molecule has 3 nitrogen and oxygen atoms in total. The fourth-order valence-corrected chi connectivity index (χ4v) is 2.30. The van der Waals surface area contributed by atoms with Crippen LogP contribution in [0.15, 0.2) is 24.3 Å². The lowest BCUT2D eigenvalue weighted by atomic mass is 10.2. The van der Waals surface area contributed by atoms with Crippen molar-refractivity contribution in [3.63, 3.8) is 0 Å². The van der Waals surface area contributed by atoms with E-state index in [0.29, 0.717) is 5.91 Å². The molecule has 1 saturated heterocycles. The number of amides is 1. The van der Waals surface area contributed by atoms with Crippen LogP contribution in [-0.4, -0.2) is 30.4 Å². The van der Waals surface area contributed by atoms with Gasteiger partial charge in [0.25, 0.3) is 0 Å². The summed E-state index contributed by atoms with van der Waals surface area (Å²) in [6, 6.07) is 7.86. The Morgan fingerprint density at radius 1 is 1.28 bits per heavy atom. The van der Waals surface area contributed by atoms with E-state index in [-0.39, 0.29) is 0 Å². The maximum atomic E-state index is 11.4. The molecule has 4 heteroatoms. The van der Waals surface area contributed by atoms with E-state index in [1.54, 1.807) is 0 Å². The molecule has 1 fully saturated rings.